The molecule has 2 aromatic carbocycles. The van der Waals surface area contributed by atoms with Gasteiger partial charge >= 0.3 is 0 Å². The minimum absolute atomic E-state index is 0.228. The van der Waals surface area contributed by atoms with Gasteiger partial charge in [-0.05, 0) is 35.8 Å². The Bertz CT molecular complexity index is 799. The number of nitrogens with zero attached hydrogens (tertiary/aromatic N) is 1. The molecule has 3 rings (SSSR count). The first-order chi connectivity index (χ1) is 13.2. The number of Topliss-reactive ketones (excluding diaryl/α,β-unsaturated/α-hetero) is 1. The number of likely N-dealkylation sites (tertiary alicyclic amines) is 1. The van der Waals surface area contributed by atoms with Crippen LogP contribution in [-0.4, -0.2) is 37.5 Å². The van der Waals surface area contributed by atoms with E-state index in [1.54, 1.807) is 7.11 Å². The first-order valence-electron chi connectivity index (χ1n) is 9.50. The van der Waals surface area contributed by atoms with E-state index in [1.165, 1.54) is 5.56 Å². The Balaban J connectivity index is 1.76. The highest BCUT2D eigenvalue weighted by Crippen LogP contribution is 2.29. The standard InChI is InChI=1S/C23H27NO3/c1-3-13-27-23-15-19(9-10-22(23)26-2)14-20-17-24(12-11-21(20)25)16-18-7-5-4-6-8-18/h4-10,14-15H,3,11-13,16-17H2,1-2H3/b20-14+. The van der Waals surface area contributed by atoms with Crippen molar-refractivity contribution in [3.63, 3.8) is 0 Å². The molecule has 1 heterocycles. The van der Waals surface area contributed by atoms with Crippen LogP contribution in [0.1, 0.15) is 30.9 Å². The minimum Gasteiger partial charge on any atom is -0.493 e. The number of hydrogen-bond acceptors (Lipinski definition) is 4. The van der Waals surface area contributed by atoms with Crippen LogP contribution in [-0.2, 0) is 11.3 Å². The second-order valence-corrected chi connectivity index (χ2v) is 6.80. The summed E-state index contributed by atoms with van der Waals surface area (Å²) in [6, 6.07) is 16.2. The fraction of sp³-hybridized carbons (Fsp3) is 0.348. The third kappa shape index (κ3) is 5.20. The Morgan fingerprint density at radius 3 is 2.67 bits per heavy atom. The Hall–Kier alpha value is -2.59. The number of carbonyl (C=O) groups is 1. The maximum absolute atomic E-state index is 12.4. The van der Waals surface area contributed by atoms with Crippen LogP contribution in [0.5, 0.6) is 11.5 Å². The van der Waals surface area contributed by atoms with E-state index < -0.39 is 0 Å². The second kappa shape index (κ2) is 9.38. The number of hydrogen-bond donors (Lipinski definition) is 0. The fourth-order valence-corrected chi connectivity index (χ4v) is 3.24. The van der Waals surface area contributed by atoms with Crippen molar-refractivity contribution in [2.75, 3.05) is 26.8 Å². The molecule has 1 fully saturated rings. The molecule has 0 aliphatic carbocycles. The van der Waals surface area contributed by atoms with Crippen LogP contribution >= 0.6 is 0 Å². The molecule has 0 N–H and O–H groups in total. The van der Waals surface area contributed by atoms with Crippen molar-refractivity contribution >= 4 is 11.9 Å². The van der Waals surface area contributed by atoms with Gasteiger partial charge in [0.2, 0.25) is 0 Å². The van der Waals surface area contributed by atoms with Gasteiger partial charge in [-0.15, -0.1) is 0 Å². The average Bonchev–Trinajstić information content (AvgIpc) is 2.70. The highest BCUT2D eigenvalue weighted by molar-refractivity contribution is 6.00. The summed E-state index contributed by atoms with van der Waals surface area (Å²) >= 11 is 0. The first-order valence-corrected chi connectivity index (χ1v) is 9.50. The Morgan fingerprint density at radius 2 is 1.93 bits per heavy atom. The molecule has 0 bridgehead atoms. The summed E-state index contributed by atoms with van der Waals surface area (Å²) in [5, 5.41) is 0. The smallest absolute Gasteiger partial charge is 0.161 e. The summed E-state index contributed by atoms with van der Waals surface area (Å²) in [7, 11) is 1.64. The molecule has 27 heavy (non-hydrogen) atoms. The zero-order chi connectivity index (χ0) is 19.1. The summed E-state index contributed by atoms with van der Waals surface area (Å²) in [5.41, 5.74) is 3.08. The van der Waals surface area contributed by atoms with Gasteiger partial charge in [-0.3, -0.25) is 9.69 Å². The van der Waals surface area contributed by atoms with Gasteiger partial charge in [0, 0.05) is 31.6 Å². The van der Waals surface area contributed by atoms with E-state index in [4.69, 9.17) is 9.47 Å². The maximum Gasteiger partial charge on any atom is 0.161 e. The molecule has 4 heteroatoms. The summed E-state index contributed by atoms with van der Waals surface area (Å²) in [6.45, 7) is 5.04. The number of benzene rings is 2. The average molecular weight is 365 g/mol. The van der Waals surface area contributed by atoms with Crippen molar-refractivity contribution in [1.29, 1.82) is 0 Å². The van der Waals surface area contributed by atoms with E-state index in [-0.39, 0.29) is 5.78 Å². The number of ether oxygens (including phenoxy) is 2. The van der Waals surface area contributed by atoms with E-state index in [2.05, 4.69) is 36.1 Å². The fourth-order valence-electron chi connectivity index (χ4n) is 3.24. The number of methoxy groups -OCH3 is 1. The summed E-state index contributed by atoms with van der Waals surface area (Å²) in [4.78, 5) is 14.7. The maximum atomic E-state index is 12.4. The van der Waals surface area contributed by atoms with Crippen molar-refractivity contribution in [2.24, 2.45) is 0 Å². The molecule has 0 atom stereocenters. The van der Waals surface area contributed by atoms with Crippen LogP contribution in [0, 0.1) is 0 Å². The molecule has 0 saturated carbocycles. The van der Waals surface area contributed by atoms with Crippen LogP contribution in [0.3, 0.4) is 0 Å². The lowest BCUT2D eigenvalue weighted by Gasteiger charge is -2.28. The molecule has 4 nitrogen and oxygen atoms in total. The number of rotatable bonds is 7. The lowest BCUT2D eigenvalue weighted by atomic mass is 9.99. The van der Waals surface area contributed by atoms with E-state index in [9.17, 15) is 4.79 Å². The van der Waals surface area contributed by atoms with Crippen LogP contribution in [0.4, 0.5) is 0 Å². The van der Waals surface area contributed by atoms with Gasteiger partial charge in [0.15, 0.2) is 17.3 Å². The zero-order valence-corrected chi connectivity index (χ0v) is 16.1. The molecular weight excluding hydrogens is 338 g/mol. The van der Waals surface area contributed by atoms with Gasteiger partial charge in [0.1, 0.15) is 0 Å². The third-order valence-corrected chi connectivity index (χ3v) is 4.65. The summed E-state index contributed by atoms with van der Waals surface area (Å²) in [5.74, 6) is 1.66. The number of carbonyl (C=O) groups excluding carboxylic acids is 1. The second-order valence-electron chi connectivity index (χ2n) is 6.80. The van der Waals surface area contributed by atoms with Crippen molar-refractivity contribution in [3.05, 3.63) is 65.2 Å². The quantitative estimate of drug-likeness (QED) is 0.684. The highest BCUT2D eigenvalue weighted by atomic mass is 16.5. The molecule has 0 unspecified atom stereocenters. The third-order valence-electron chi connectivity index (χ3n) is 4.65. The van der Waals surface area contributed by atoms with E-state index in [0.29, 0.717) is 25.3 Å². The molecule has 0 aromatic heterocycles. The van der Waals surface area contributed by atoms with Crippen molar-refractivity contribution in [3.8, 4) is 11.5 Å². The van der Waals surface area contributed by atoms with E-state index >= 15 is 0 Å². The topological polar surface area (TPSA) is 38.8 Å². The molecule has 142 valence electrons. The van der Waals surface area contributed by atoms with E-state index in [1.807, 2.05) is 30.3 Å². The molecule has 2 aromatic rings. The molecule has 1 aliphatic heterocycles. The summed E-state index contributed by atoms with van der Waals surface area (Å²) < 4.78 is 11.2. The summed E-state index contributed by atoms with van der Waals surface area (Å²) in [6.07, 6.45) is 3.48. The van der Waals surface area contributed by atoms with Gasteiger partial charge in [0.05, 0.1) is 13.7 Å². The van der Waals surface area contributed by atoms with Gasteiger partial charge in [-0.1, -0.05) is 43.3 Å². The Morgan fingerprint density at radius 1 is 1.11 bits per heavy atom. The Kier molecular flexibility index (Phi) is 6.66. The van der Waals surface area contributed by atoms with Crippen molar-refractivity contribution < 1.29 is 14.3 Å². The van der Waals surface area contributed by atoms with Gasteiger partial charge in [0.25, 0.3) is 0 Å². The predicted octanol–water partition coefficient (Wildman–Crippen LogP) is 4.34. The van der Waals surface area contributed by atoms with Gasteiger partial charge < -0.3 is 9.47 Å². The van der Waals surface area contributed by atoms with Crippen LogP contribution in [0.15, 0.2) is 54.1 Å². The lowest BCUT2D eigenvalue weighted by Crippen LogP contribution is -2.35. The molecule has 1 saturated heterocycles. The van der Waals surface area contributed by atoms with Crippen molar-refractivity contribution in [1.82, 2.24) is 4.90 Å². The van der Waals surface area contributed by atoms with Crippen LogP contribution in [0.25, 0.3) is 6.08 Å². The lowest BCUT2D eigenvalue weighted by molar-refractivity contribution is -0.117. The van der Waals surface area contributed by atoms with E-state index in [0.717, 1.165) is 36.4 Å². The first kappa shape index (κ1) is 19.2. The zero-order valence-electron chi connectivity index (χ0n) is 16.1. The van der Waals surface area contributed by atoms with Crippen LogP contribution in [0.2, 0.25) is 0 Å². The predicted molar refractivity (Wildman–Crippen MR) is 108 cm³/mol. The largest absolute Gasteiger partial charge is 0.493 e. The normalized spacial score (nSPS) is 16.5. The molecule has 0 radical (unpaired) electrons. The van der Waals surface area contributed by atoms with Gasteiger partial charge in [-0.2, -0.15) is 0 Å². The molecular formula is C23H27NO3. The molecule has 0 amide bonds. The molecule has 1 aliphatic rings. The highest BCUT2D eigenvalue weighted by Gasteiger charge is 2.21. The SMILES string of the molecule is CCCOc1cc(/C=C2\CN(Cc3ccccc3)CCC2=O)ccc1OC. The number of piperidine rings is 1. The van der Waals surface area contributed by atoms with Gasteiger partial charge in [-0.25, -0.2) is 0 Å². The number of ketones is 1. The minimum atomic E-state index is 0.228. The van der Waals surface area contributed by atoms with Crippen LogP contribution < -0.4 is 9.47 Å². The van der Waals surface area contributed by atoms with Crippen molar-refractivity contribution in [2.45, 2.75) is 26.3 Å². The molecule has 0 spiro atoms. The monoisotopic (exact) mass is 365 g/mol. The Labute approximate surface area is 161 Å².